The maximum atomic E-state index is 13.1. The molecule has 2 aromatic rings. The molecule has 1 N–H and O–H groups in total. The summed E-state index contributed by atoms with van der Waals surface area (Å²) in [5, 5.41) is 2.94. The highest BCUT2D eigenvalue weighted by Crippen LogP contribution is 2.33. The Morgan fingerprint density at radius 1 is 1.11 bits per heavy atom. The highest BCUT2D eigenvalue weighted by Gasteiger charge is 2.31. The van der Waals surface area contributed by atoms with Crippen LogP contribution in [-0.4, -0.2) is 26.8 Å². The molecule has 2 aromatic carbocycles. The van der Waals surface area contributed by atoms with Crippen molar-refractivity contribution in [1.29, 1.82) is 0 Å². The Bertz CT molecular complexity index is 1040. The minimum absolute atomic E-state index is 0.0353. The zero-order chi connectivity index (χ0) is 19.6. The van der Waals surface area contributed by atoms with Crippen LogP contribution in [0.25, 0.3) is 4.91 Å². The molecule has 0 bridgehead atoms. The Labute approximate surface area is 156 Å². The van der Waals surface area contributed by atoms with Crippen LogP contribution in [0, 0.1) is 5.82 Å². The number of amidine groups is 1. The van der Waals surface area contributed by atoms with E-state index in [0.717, 1.165) is 0 Å². The van der Waals surface area contributed by atoms with Gasteiger partial charge in [0.25, 0.3) is 10.0 Å². The fourth-order valence-electron chi connectivity index (χ4n) is 2.66. The first-order valence-electron chi connectivity index (χ1n) is 8.18. The molecule has 0 radical (unpaired) electrons. The summed E-state index contributed by atoms with van der Waals surface area (Å²) >= 11 is 0. The average molecular weight is 388 g/mol. The van der Waals surface area contributed by atoms with Crippen LogP contribution in [-0.2, 0) is 14.8 Å². The van der Waals surface area contributed by atoms with Gasteiger partial charge in [-0.1, -0.05) is 12.1 Å². The second-order valence-corrected chi connectivity index (χ2v) is 7.34. The van der Waals surface area contributed by atoms with E-state index in [1.807, 2.05) is 0 Å². The van der Waals surface area contributed by atoms with Gasteiger partial charge >= 0.3 is 5.97 Å². The summed E-state index contributed by atoms with van der Waals surface area (Å²) in [6, 6.07) is 11.6. The molecule has 0 aliphatic carbocycles. The molecule has 0 spiro atoms. The van der Waals surface area contributed by atoms with Crippen LogP contribution in [0.5, 0.6) is 0 Å². The summed E-state index contributed by atoms with van der Waals surface area (Å²) in [5.74, 6) is -0.703. The second-order valence-electron chi connectivity index (χ2n) is 5.80. The molecule has 0 atom stereocenters. The quantitative estimate of drug-likeness (QED) is 0.809. The van der Waals surface area contributed by atoms with Crippen molar-refractivity contribution in [3.8, 4) is 0 Å². The number of carbonyl (C=O) groups is 1. The molecule has 0 saturated carbocycles. The van der Waals surface area contributed by atoms with Crippen molar-refractivity contribution >= 4 is 32.4 Å². The summed E-state index contributed by atoms with van der Waals surface area (Å²) in [4.78, 5) is 11.7. The van der Waals surface area contributed by atoms with Gasteiger partial charge in [-0.25, -0.2) is 9.18 Å². The number of carbonyl (C=O) groups excluding carboxylic acids is 1. The van der Waals surface area contributed by atoms with Crippen LogP contribution >= 0.6 is 0 Å². The molecule has 0 fully saturated rings. The van der Waals surface area contributed by atoms with Crippen LogP contribution in [0.3, 0.4) is 0 Å². The molecule has 140 valence electrons. The fourth-order valence-corrected chi connectivity index (χ4v) is 4.09. The molecule has 0 aromatic heterocycles. The zero-order valence-electron chi connectivity index (χ0n) is 14.7. The van der Waals surface area contributed by atoms with E-state index in [1.165, 1.54) is 24.3 Å². The Hall–Kier alpha value is -3.00. The molecule has 1 aliphatic rings. The van der Waals surface area contributed by atoms with Gasteiger partial charge in [0.15, 0.2) is 0 Å². The van der Waals surface area contributed by atoms with Crippen LogP contribution in [0.1, 0.15) is 29.8 Å². The average Bonchev–Trinajstić information content (AvgIpc) is 2.85. The number of rotatable bonds is 4. The Morgan fingerprint density at radius 2 is 1.74 bits per heavy atom. The molecule has 0 saturated heterocycles. The lowest BCUT2D eigenvalue weighted by Gasteiger charge is -2.08. The van der Waals surface area contributed by atoms with Gasteiger partial charge in [-0.05, 0) is 55.8 Å². The first-order valence-corrected chi connectivity index (χ1v) is 9.62. The third-order valence-corrected chi connectivity index (χ3v) is 5.41. The Balaban J connectivity index is 1.87. The standard InChI is InChI=1S/C19H17FN2O4S/c1-3-26-19(23)14-6-10-16(11-7-14)21-18-12(2)17(27(24,25)22-18)13-4-8-15(20)9-5-13/h4-11H,3H2,1-2H3,(H,21,22). The third kappa shape index (κ3) is 3.90. The third-order valence-electron chi connectivity index (χ3n) is 3.93. The number of sulfonamides is 1. The van der Waals surface area contributed by atoms with Crippen molar-refractivity contribution in [2.75, 3.05) is 11.9 Å². The highest BCUT2D eigenvalue weighted by molar-refractivity contribution is 8.00. The van der Waals surface area contributed by atoms with Gasteiger partial charge in [-0.2, -0.15) is 8.42 Å². The van der Waals surface area contributed by atoms with Crippen molar-refractivity contribution in [2.45, 2.75) is 13.8 Å². The summed E-state index contributed by atoms with van der Waals surface area (Å²) in [6.45, 7) is 3.63. The molecule has 27 heavy (non-hydrogen) atoms. The van der Waals surface area contributed by atoms with E-state index < -0.39 is 21.8 Å². The number of anilines is 1. The normalized spacial score (nSPS) is 15.4. The Morgan fingerprint density at radius 3 is 2.33 bits per heavy atom. The summed E-state index contributed by atoms with van der Waals surface area (Å²) in [7, 11) is -3.89. The minimum Gasteiger partial charge on any atom is -0.462 e. The monoisotopic (exact) mass is 388 g/mol. The van der Waals surface area contributed by atoms with Crippen molar-refractivity contribution in [2.24, 2.45) is 4.40 Å². The first kappa shape index (κ1) is 18.8. The summed E-state index contributed by atoms with van der Waals surface area (Å²) in [6.07, 6.45) is 0. The number of hydrogen-bond donors (Lipinski definition) is 1. The van der Waals surface area contributed by atoms with Crippen LogP contribution in [0.4, 0.5) is 10.1 Å². The molecule has 8 heteroatoms. The molecule has 3 rings (SSSR count). The predicted molar refractivity (Wildman–Crippen MR) is 101 cm³/mol. The molecule has 0 unspecified atom stereocenters. The zero-order valence-corrected chi connectivity index (χ0v) is 15.5. The van der Waals surface area contributed by atoms with Crippen molar-refractivity contribution < 1.29 is 22.3 Å². The van der Waals surface area contributed by atoms with E-state index in [-0.39, 0.29) is 17.3 Å². The lowest BCUT2D eigenvalue weighted by Crippen LogP contribution is -2.12. The van der Waals surface area contributed by atoms with Gasteiger partial charge in [0.1, 0.15) is 16.6 Å². The first-order chi connectivity index (χ1) is 12.8. The number of nitrogens with zero attached hydrogens (tertiary/aromatic N) is 1. The van der Waals surface area contributed by atoms with Gasteiger partial charge in [0, 0.05) is 11.3 Å². The van der Waals surface area contributed by atoms with E-state index in [2.05, 4.69) is 9.71 Å². The van der Waals surface area contributed by atoms with E-state index in [0.29, 0.717) is 22.4 Å². The maximum Gasteiger partial charge on any atom is 0.338 e. The van der Waals surface area contributed by atoms with Crippen LogP contribution in [0.2, 0.25) is 0 Å². The number of hydrogen-bond acceptors (Lipinski definition) is 5. The highest BCUT2D eigenvalue weighted by atomic mass is 32.2. The lowest BCUT2D eigenvalue weighted by atomic mass is 10.1. The van der Waals surface area contributed by atoms with Gasteiger partial charge in [-0.15, -0.1) is 4.40 Å². The second kappa shape index (κ2) is 7.32. The number of ether oxygens (including phenoxy) is 1. The number of benzene rings is 2. The fraction of sp³-hybridized carbons (Fsp3) is 0.158. The number of esters is 1. The van der Waals surface area contributed by atoms with Gasteiger partial charge in [0.2, 0.25) is 0 Å². The van der Waals surface area contributed by atoms with Gasteiger partial charge in [-0.3, -0.25) is 0 Å². The van der Waals surface area contributed by atoms with Crippen molar-refractivity contribution in [3.05, 3.63) is 71.0 Å². The number of halogens is 1. The molecule has 1 heterocycles. The van der Waals surface area contributed by atoms with Gasteiger partial charge < -0.3 is 10.1 Å². The molecular formula is C19H17FN2O4S. The molecule has 6 nitrogen and oxygen atoms in total. The van der Waals surface area contributed by atoms with Crippen LogP contribution in [0.15, 0.2) is 58.5 Å². The van der Waals surface area contributed by atoms with E-state index >= 15 is 0 Å². The Kier molecular flexibility index (Phi) is 5.09. The largest absolute Gasteiger partial charge is 0.462 e. The summed E-state index contributed by atoms with van der Waals surface area (Å²) < 4.78 is 46.7. The SMILES string of the molecule is CCOC(=O)c1ccc(NC2=NS(=O)(=O)C(c3ccc(F)cc3)=C2C)cc1. The maximum absolute atomic E-state index is 13.1. The topological polar surface area (TPSA) is 84.8 Å². The number of nitrogens with one attached hydrogen (secondary N) is 1. The lowest BCUT2D eigenvalue weighted by molar-refractivity contribution is 0.0526. The molecule has 0 amide bonds. The minimum atomic E-state index is -3.89. The van der Waals surface area contributed by atoms with E-state index in [4.69, 9.17) is 4.74 Å². The van der Waals surface area contributed by atoms with E-state index in [1.54, 1.807) is 38.1 Å². The molecular weight excluding hydrogens is 371 g/mol. The van der Waals surface area contributed by atoms with Crippen molar-refractivity contribution in [1.82, 2.24) is 0 Å². The van der Waals surface area contributed by atoms with Crippen molar-refractivity contribution in [3.63, 3.8) is 0 Å². The van der Waals surface area contributed by atoms with Gasteiger partial charge in [0.05, 0.1) is 12.2 Å². The van der Waals surface area contributed by atoms with Crippen LogP contribution < -0.4 is 5.32 Å². The smallest absolute Gasteiger partial charge is 0.338 e. The predicted octanol–water partition coefficient (Wildman–Crippen LogP) is 3.59. The summed E-state index contributed by atoms with van der Waals surface area (Å²) in [5.41, 5.74) is 1.75. The van der Waals surface area contributed by atoms with E-state index in [9.17, 15) is 17.6 Å². The molecule has 1 aliphatic heterocycles.